The fourth-order valence-corrected chi connectivity index (χ4v) is 4.95. The van der Waals surface area contributed by atoms with Crippen LogP contribution in [0.2, 0.25) is 0 Å². The summed E-state index contributed by atoms with van der Waals surface area (Å²) in [5.74, 6) is 1.46. The third-order valence-electron chi connectivity index (χ3n) is 5.70. The number of ether oxygens (including phenoxy) is 1. The Balaban J connectivity index is 1.32. The second-order valence-corrected chi connectivity index (χ2v) is 8.53. The van der Waals surface area contributed by atoms with Gasteiger partial charge in [-0.3, -0.25) is 4.79 Å². The molecule has 0 atom stereocenters. The maximum absolute atomic E-state index is 13.3. The lowest BCUT2D eigenvalue weighted by molar-refractivity contribution is -0.130. The molecule has 0 bridgehead atoms. The Bertz CT molecular complexity index is 1130. The molecule has 1 aliphatic heterocycles. The highest BCUT2D eigenvalue weighted by molar-refractivity contribution is 7.21. The number of nitrogens with zero attached hydrogens (tertiary/aromatic N) is 1. The van der Waals surface area contributed by atoms with E-state index in [1.54, 1.807) is 11.3 Å². The molecule has 0 saturated carbocycles. The molecule has 1 fully saturated rings. The molecule has 6 heteroatoms. The fraction of sp³-hybridized carbons (Fsp3) is 0.250. The van der Waals surface area contributed by atoms with E-state index in [-0.39, 0.29) is 5.91 Å². The van der Waals surface area contributed by atoms with Gasteiger partial charge in [-0.1, -0.05) is 42.5 Å². The Kier molecular flexibility index (Phi) is 5.11. The van der Waals surface area contributed by atoms with Crippen molar-refractivity contribution >= 4 is 27.5 Å². The number of hydrogen-bond donors (Lipinski definition) is 1. The van der Waals surface area contributed by atoms with E-state index in [0.717, 1.165) is 26.5 Å². The first kappa shape index (κ1) is 19.0. The number of nitrogens with one attached hydrogen (secondary N) is 1. The molecule has 0 spiro atoms. The number of aromatic nitrogens is 1. The first-order chi connectivity index (χ1) is 14.7. The van der Waals surface area contributed by atoms with Gasteiger partial charge in [0.15, 0.2) is 10.8 Å². The van der Waals surface area contributed by atoms with E-state index >= 15 is 0 Å². The predicted molar refractivity (Wildman–Crippen MR) is 117 cm³/mol. The smallest absolute Gasteiger partial charge is 0.231 e. The maximum atomic E-state index is 13.3. The van der Waals surface area contributed by atoms with Gasteiger partial charge in [-0.05, 0) is 42.7 Å². The van der Waals surface area contributed by atoms with Gasteiger partial charge in [-0.15, -0.1) is 11.3 Å². The van der Waals surface area contributed by atoms with Crippen LogP contribution in [-0.4, -0.2) is 24.1 Å². The van der Waals surface area contributed by atoms with Gasteiger partial charge < -0.3 is 14.5 Å². The topological polar surface area (TPSA) is 64.4 Å². The Hall–Kier alpha value is -2.96. The van der Waals surface area contributed by atoms with Crippen molar-refractivity contribution in [1.29, 1.82) is 0 Å². The summed E-state index contributed by atoms with van der Waals surface area (Å²) >= 11 is 1.60. The van der Waals surface area contributed by atoms with Crippen molar-refractivity contribution in [3.8, 4) is 10.8 Å². The van der Waals surface area contributed by atoms with Gasteiger partial charge in [0, 0.05) is 13.2 Å². The van der Waals surface area contributed by atoms with Crippen molar-refractivity contribution in [3.05, 3.63) is 78.1 Å². The Morgan fingerprint density at radius 3 is 2.57 bits per heavy atom. The standard InChI is InChI=1S/C24H22N2O3S/c27-23(24(12-14-28-15-13-24)17-6-2-1-3-7-17)25-16-18-10-11-20(29-18)22-26-19-8-4-5-9-21(19)30-22/h1-11H,12-16H2,(H,25,27). The summed E-state index contributed by atoms with van der Waals surface area (Å²) in [5, 5.41) is 3.94. The average Bonchev–Trinajstić information content (AvgIpc) is 3.45. The zero-order valence-corrected chi connectivity index (χ0v) is 17.3. The first-order valence-corrected chi connectivity index (χ1v) is 10.9. The lowest BCUT2D eigenvalue weighted by Crippen LogP contribution is -2.47. The van der Waals surface area contributed by atoms with E-state index in [9.17, 15) is 4.79 Å². The molecule has 1 amide bonds. The second-order valence-electron chi connectivity index (χ2n) is 7.50. The monoisotopic (exact) mass is 418 g/mol. The number of benzene rings is 2. The molecule has 152 valence electrons. The minimum atomic E-state index is -0.554. The van der Waals surface area contributed by atoms with Gasteiger partial charge in [0.05, 0.1) is 22.2 Å². The summed E-state index contributed by atoms with van der Waals surface area (Å²) in [5.41, 5.74) is 1.45. The highest BCUT2D eigenvalue weighted by Gasteiger charge is 2.41. The highest BCUT2D eigenvalue weighted by atomic mass is 32.1. The van der Waals surface area contributed by atoms with Crippen molar-refractivity contribution in [2.24, 2.45) is 0 Å². The Labute approximate surface area is 178 Å². The minimum absolute atomic E-state index is 0.0231. The van der Waals surface area contributed by atoms with Crippen molar-refractivity contribution in [2.75, 3.05) is 13.2 Å². The third-order valence-corrected chi connectivity index (χ3v) is 6.75. The van der Waals surface area contributed by atoms with Gasteiger partial charge in [0.2, 0.25) is 5.91 Å². The van der Waals surface area contributed by atoms with Gasteiger partial charge >= 0.3 is 0 Å². The SMILES string of the molecule is O=C(NCc1ccc(-c2nc3ccccc3s2)o1)C1(c2ccccc2)CCOCC1. The summed E-state index contributed by atoms with van der Waals surface area (Å²) in [6.07, 6.45) is 1.36. The molecule has 1 aliphatic rings. The molecule has 30 heavy (non-hydrogen) atoms. The third kappa shape index (κ3) is 3.53. The van der Waals surface area contributed by atoms with E-state index < -0.39 is 5.41 Å². The zero-order chi connectivity index (χ0) is 20.4. The largest absolute Gasteiger partial charge is 0.457 e. The molecule has 0 radical (unpaired) electrons. The zero-order valence-electron chi connectivity index (χ0n) is 16.5. The van der Waals surface area contributed by atoms with E-state index in [1.165, 1.54) is 0 Å². The van der Waals surface area contributed by atoms with Gasteiger partial charge in [-0.25, -0.2) is 4.98 Å². The number of rotatable bonds is 5. The predicted octanol–water partition coefficient (Wildman–Crippen LogP) is 4.92. The number of hydrogen-bond acceptors (Lipinski definition) is 5. The molecule has 0 aliphatic carbocycles. The van der Waals surface area contributed by atoms with Crippen LogP contribution in [0.5, 0.6) is 0 Å². The van der Waals surface area contributed by atoms with Crippen LogP contribution in [0.15, 0.2) is 71.1 Å². The van der Waals surface area contributed by atoms with Gasteiger partial charge in [0.1, 0.15) is 5.76 Å². The van der Waals surface area contributed by atoms with Gasteiger partial charge in [0.25, 0.3) is 0 Å². The van der Waals surface area contributed by atoms with Crippen molar-refractivity contribution < 1.29 is 13.9 Å². The van der Waals surface area contributed by atoms with Crippen LogP contribution >= 0.6 is 11.3 Å². The molecule has 2 aromatic heterocycles. The molecule has 4 aromatic rings. The minimum Gasteiger partial charge on any atom is -0.457 e. The van der Waals surface area contributed by atoms with E-state index in [4.69, 9.17) is 9.15 Å². The average molecular weight is 419 g/mol. The number of carbonyl (C=O) groups excluding carboxylic acids is 1. The number of amides is 1. The Morgan fingerprint density at radius 1 is 1.00 bits per heavy atom. The summed E-state index contributed by atoms with van der Waals surface area (Å²) in [6.45, 7) is 1.52. The van der Waals surface area contributed by atoms with E-state index in [0.29, 0.717) is 38.4 Å². The molecule has 0 unspecified atom stereocenters. The van der Waals surface area contributed by atoms with Crippen LogP contribution in [0, 0.1) is 0 Å². The molecular formula is C24H22N2O3S. The van der Waals surface area contributed by atoms with Crippen LogP contribution in [-0.2, 0) is 21.5 Å². The fourth-order valence-electron chi connectivity index (χ4n) is 4.03. The summed E-state index contributed by atoms with van der Waals surface area (Å²) in [7, 11) is 0. The van der Waals surface area contributed by atoms with Crippen LogP contribution in [0.25, 0.3) is 21.0 Å². The van der Waals surface area contributed by atoms with E-state index in [2.05, 4.69) is 16.4 Å². The van der Waals surface area contributed by atoms with E-state index in [1.807, 2.05) is 60.7 Å². The molecule has 1 N–H and O–H groups in total. The Morgan fingerprint density at radius 2 is 1.77 bits per heavy atom. The number of thiazole rings is 1. The summed E-state index contributed by atoms with van der Waals surface area (Å²) < 4.78 is 12.6. The van der Waals surface area contributed by atoms with Crippen LogP contribution in [0.1, 0.15) is 24.2 Å². The van der Waals surface area contributed by atoms with Crippen molar-refractivity contribution in [3.63, 3.8) is 0 Å². The molecular weight excluding hydrogens is 396 g/mol. The summed E-state index contributed by atoms with van der Waals surface area (Å²) in [4.78, 5) is 17.9. The molecule has 5 rings (SSSR count). The molecule has 2 aromatic carbocycles. The lowest BCUT2D eigenvalue weighted by atomic mass is 9.73. The number of furan rings is 1. The highest BCUT2D eigenvalue weighted by Crippen LogP contribution is 2.35. The van der Waals surface area contributed by atoms with Crippen LogP contribution in [0.3, 0.4) is 0 Å². The summed E-state index contributed by atoms with van der Waals surface area (Å²) in [6, 6.07) is 21.9. The molecule has 1 saturated heterocycles. The van der Waals surface area contributed by atoms with Gasteiger partial charge in [-0.2, -0.15) is 0 Å². The second kappa shape index (κ2) is 8.05. The quantitative estimate of drug-likeness (QED) is 0.500. The van der Waals surface area contributed by atoms with Crippen LogP contribution < -0.4 is 5.32 Å². The number of fused-ring (bicyclic) bond motifs is 1. The molecule has 3 heterocycles. The van der Waals surface area contributed by atoms with Crippen LogP contribution in [0.4, 0.5) is 0 Å². The maximum Gasteiger partial charge on any atom is 0.231 e. The lowest BCUT2D eigenvalue weighted by Gasteiger charge is -2.36. The number of carbonyl (C=O) groups is 1. The first-order valence-electron chi connectivity index (χ1n) is 10.1. The molecule has 5 nitrogen and oxygen atoms in total. The van der Waals surface area contributed by atoms with Crippen molar-refractivity contribution in [2.45, 2.75) is 24.8 Å². The van der Waals surface area contributed by atoms with Crippen molar-refractivity contribution in [1.82, 2.24) is 10.3 Å². The number of para-hydroxylation sites is 1. The normalized spacial score (nSPS) is 15.9.